The van der Waals surface area contributed by atoms with Gasteiger partial charge in [0.1, 0.15) is 11.3 Å². The minimum absolute atomic E-state index is 0.357. The molecule has 0 radical (unpaired) electrons. The number of ether oxygens (including phenoxy) is 1. The Morgan fingerprint density at radius 2 is 2.10 bits per heavy atom. The Morgan fingerprint density at radius 3 is 2.85 bits per heavy atom. The van der Waals surface area contributed by atoms with Gasteiger partial charge >= 0.3 is 0 Å². The molecule has 3 heterocycles. The van der Waals surface area contributed by atoms with Crippen molar-refractivity contribution in [2.75, 3.05) is 0 Å². The fraction of sp³-hybridized carbons (Fsp3) is 0.214. The van der Waals surface area contributed by atoms with Crippen molar-refractivity contribution in [3.05, 3.63) is 47.1 Å². The molecule has 3 aromatic rings. The summed E-state index contributed by atoms with van der Waals surface area (Å²) in [6.07, 6.45) is 6.84. The van der Waals surface area contributed by atoms with Crippen LogP contribution in [0, 0.1) is 0 Å². The maximum absolute atomic E-state index is 5.80. The largest absolute Gasteiger partial charge is 0.435 e. The van der Waals surface area contributed by atoms with Crippen LogP contribution in [0.5, 0.6) is 11.6 Å². The van der Waals surface area contributed by atoms with Gasteiger partial charge in [-0.1, -0.05) is 13.8 Å². The summed E-state index contributed by atoms with van der Waals surface area (Å²) in [6, 6.07) is 3.84. The standard InChI is InChI=1S/C14H13BrN4O/c1-9(2)12-6-13-14(17-3-4-19(13)18-12)20-11-5-10(15)7-16-8-11/h3-9H,1-2H3. The maximum Gasteiger partial charge on any atom is 0.245 e. The highest BCUT2D eigenvalue weighted by molar-refractivity contribution is 9.10. The molecule has 0 aliphatic heterocycles. The van der Waals surface area contributed by atoms with Gasteiger partial charge in [0.05, 0.1) is 11.9 Å². The zero-order valence-corrected chi connectivity index (χ0v) is 12.7. The summed E-state index contributed by atoms with van der Waals surface area (Å²) in [4.78, 5) is 8.35. The van der Waals surface area contributed by atoms with Crippen LogP contribution in [0.1, 0.15) is 25.5 Å². The van der Waals surface area contributed by atoms with E-state index in [2.05, 4.69) is 44.8 Å². The highest BCUT2D eigenvalue weighted by Gasteiger charge is 2.11. The predicted molar refractivity (Wildman–Crippen MR) is 79.1 cm³/mol. The SMILES string of the molecule is CC(C)c1cc2c(Oc3cncc(Br)c3)nccn2n1. The molecular formula is C14H13BrN4O. The molecule has 3 rings (SSSR count). The van der Waals surface area contributed by atoms with Gasteiger partial charge in [-0.3, -0.25) is 4.98 Å². The van der Waals surface area contributed by atoms with Crippen molar-refractivity contribution in [1.29, 1.82) is 0 Å². The van der Waals surface area contributed by atoms with E-state index in [1.807, 2.05) is 18.3 Å². The molecule has 0 saturated carbocycles. The lowest BCUT2D eigenvalue weighted by molar-refractivity contribution is 0.463. The van der Waals surface area contributed by atoms with Gasteiger partial charge in [0.2, 0.25) is 5.88 Å². The van der Waals surface area contributed by atoms with Crippen LogP contribution in [0.2, 0.25) is 0 Å². The molecule has 0 amide bonds. The van der Waals surface area contributed by atoms with Gasteiger partial charge in [0, 0.05) is 23.1 Å². The van der Waals surface area contributed by atoms with Crippen LogP contribution in [0.3, 0.4) is 0 Å². The molecule has 0 spiro atoms. The summed E-state index contributed by atoms with van der Waals surface area (Å²) >= 11 is 3.37. The first-order chi connectivity index (χ1) is 9.63. The van der Waals surface area contributed by atoms with Crippen LogP contribution >= 0.6 is 15.9 Å². The van der Waals surface area contributed by atoms with Crippen LogP contribution in [0.4, 0.5) is 0 Å². The minimum atomic E-state index is 0.357. The van der Waals surface area contributed by atoms with Gasteiger partial charge < -0.3 is 4.74 Å². The van der Waals surface area contributed by atoms with Crippen LogP contribution in [-0.2, 0) is 0 Å². The average molecular weight is 333 g/mol. The monoisotopic (exact) mass is 332 g/mol. The van der Waals surface area contributed by atoms with Gasteiger partial charge in [-0.2, -0.15) is 5.10 Å². The van der Waals surface area contributed by atoms with Gasteiger partial charge in [-0.15, -0.1) is 0 Å². The molecule has 3 aromatic heterocycles. The predicted octanol–water partition coefficient (Wildman–Crippen LogP) is 3.80. The number of fused-ring (bicyclic) bond motifs is 1. The molecule has 0 aliphatic carbocycles. The lowest BCUT2D eigenvalue weighted by Gasteiger charge is -2.05. The molecule has 0 fully saturated rings. The van der Waals surface area contributed by atoms with Crippen molar-refractivity contribution >= 4 is 21.4 Å². The summed E-state index contributed by atoms with van der Waals surface area (Å²) in [5.74, 6) is 1.51. The maximum atomic E-state index is 5.80. The van der Waals surface area contributed by atoms with Gasteiger partial charge in [0.15, 0.2) is 0 Å². The van der Waals surface area contributed by atoms with E-state index >= 15 is 0 Å². The molecular weight excluding hydrogens is 320 g/mol. The smallest absolute Gasteiger partial charge is 0.245 e. The van der Waals surface area contributed by atoms with E-state index in [-0.39, 0.29) is 0 Å². The van der Waals surface area contributed by atoms with E-state index in [1.165, 1.54) is 0 Å². The van der Waals surface area contributed by atoms with E-state index in [9.17, 15) is 0 Å². The fourth-order valence-electron chi connectivity index (χ4n) is 1.84. The van der Waals surface area contributed by atoms with Crippen molar-refractivity contribution in [2.45, 2.75) is 19.8 Å². The summed E-state index contributed by atoms with van der Waals surface area (Å²) in [7, 11) is 0. The molecule has 0 saturated heterocycles. The average Bonchev–Trinajstić information content (AvgIpc) is 2.84. The highest BCUT2D eigenvalue weighted by Crippen LogP contribution is 2.26. The number of aromatic nitrogens is 4. The van der Waals surface area contributed by atoms with Crippen molar-refractivity contribution in [3.63, 3.8) is 0 Å². The Bertz CT molecular complexity index is 754. The van der Waals surface area contributed by atoms with E-state index in [4.69, 9.17) is 4.74 Å². The van der Waals surface area contributed by atoms with Crippen molar-refractivity contribution in [3.8, 4) is 11.6 Å². The Hall–Kier alpha value is -1.95. The van der Waals surface area contributed by atoms with Crippen molar-refractivity contribution < 1.29 is 4.74 Å². The van der Waals surface area contributed by atoms with Gasteiger partial charge in [0.25, 0.3) is 0 Å². The molecule has 0 bridgehead atoms. The topological polar surface area (TPSA) is 52.3 Å². The number of pyridine rings is 1. The summed E-state index contributed by atoms with van der Waals surface area (Å²) in [5, 5.41) is 4.50. The molecule has 5 nitrogen and oxygen atoms in total. The van der Waals surface area contributed by atoms with E-state index in [0.717, 1.165) is 15.7 Å². The second-order valence-corrected chi connectivity index (χ2v) is 5.64. The van der Waals surface area contributed by atoms with Crippen LogP contribution < -0.4 is 4.74 Å². The number of rotatable bonds is 3. The third-order valence-electron chi connectivity index (χ3n) is 2.86. The van der Waals surface area contributed by atoms with Gasteiger partial charge in [-0.05, 0) is 34.0 Å². The molecule has 20 heavy (non-hydrogen) atoms. The molecule has 0 atom stereocenters. The Balaban J connectivity index is 2.03. The summed E-state index contributed by atoms with van der Waals surface area (Å²) < 4.78 is 8.44. The molecule has 6 heteroatoms. The highest BCUT2D eigenvalue weighted by atomic mass is 79.9. The second kappa shape index (κ2) is 5.20. The van der Waals surface area contributed by atoms with Crippen LogP contribution in [-0.4, -0.2) is 19.6 Å². The van der Waals surface area contributed by atoms with E-state index in [0.29, 0.717) is 17.5 Å². The Labute approximate surface area is 124 Å². The summed E-state index contributed by atoms with van der Waals surface area (Å²) in [5.41, 5.74) is 1.85. The van der Waals surface area contributed by atoms with E-state index < -0.39 is 0 Å². The normalized spacial score (nSPS) is 11.2. The molecule has 102 valence electrons. The number of halogens is 1. The first-order valence-corrected chi connectivity index (χ1v) is 7.05. The molecule has 0 aliphatic rings. The third-order valence-corrected chi connectivity index (χ3v) is 3.29. The summed E-state index contributed by atoms with van der Waals surface area (Å²) in [6.45, 7) is 4.21. The van der Waals surface area contributed by atoms with Crippen molar-refractivity contribution in [1.82, 2.24) is 19.6 Å². The Kier molecular flexibility index (Phi) is 3.40. The van der Waals surface area contributed by atoms with Crippen LogP contribution in [0.25, 0.3) is 5.52 Å². The third kappa shape index (κ3) is 2.51. The lowest BCUT2D eigenvalue weighted by Crippen LogP contribution is -1.94. The first-order valence-electron chi connectivity index (χ1n) is 6.26. The molecule has 0 unspecified atom stereocenters. The molecule has 0 N–H and O–H groups in total. The molecule has 0 aromatic carbocycles. The van der Waals surface area contributed by atoms with Crippen molar-refractivity contribution in [2.24, 2.45) is 0 Å². The van der Waals surface area contributed by atoms with E-state index in [1.54, 1.807) is 23.1 Å². The first kappa shape index (κ1) is 13.1. The quantitative estimate of drug-likeness (QED) is 0.731. The number of hydrogen-bond donors (Lipinski definition) is 0. The number of hydrogen-bond acceptors (Lipinski definition) is 4. The zero-order valence-electron chi connectivity index (χ0n) is 11.1. The van der Waals surface area contributed by atoms with Crippen LogP contribution in [0.15, 0.2) is 41.4 Å². The minimum Gasteiger partial charge on any atom is -0.435 e. The Morgan fingerprint density at radius 1 is 1.25 bits per heavy atom. The second-order valence-electron chi connectivity index (χ2n) is 4.73. The number of nitrogens with zero attached hydrogens (tertiary/aromatic N) is 4. The zero-order chi connectivity index (χ0) is 14.1. The lowest BCUT2D eigenvalue weighted by atomic mass is 10.1. The fourth-order valence-corrected chi connectivity index (χ4v) is 2.18. The van der Waals surface area contributed by atoms with Gasteiger partial charge in [-0.25, -0.2) is 9.50 Å².